The van der Waals surface area contributed by atoms with Crippen molar-refractivity contribution in [2.24, 2.45) is 5.73 Å². The second kappa shape index (κ2) is 7.81. The molecule has 0 amide bonds. The molecule has 3 aromatic rings. The molecule has 0 fully saturated rings. The highest BCUT2D eigenvalue weighted by molar-refractivity contribution is 5.86. The zero-order valence-corrected chi connectivity index (χ0v) is 13.7. The lowest BCUT2D eigenvalue weighted by atomic mass is 9.96. The molecule has 0 aliphatic carbocycles. The van der Waals surface area contributed by atoms with Gasteiger partial charge in [0, 0.05) is 18.8 Å². The molecule has 1 heterocycles. The highest BCUT2D eigenvalue weighted by Crippen LogP contribution is 2.22. The number of carbonyl (C=O) groups is 1. The molecule has 0 unspecified atom stereocenters. The minimum absolute atomic E-state index is 0.0151. The van der Waals surface area contributed by atoms with Gasteiger partial charge in [0.2, 0.25) is 0 Å². The van der Waals surface area contributed by atoms with Crippen LogP contribution in [0.25, 0.3) is 11.1 Å². The number of rotatable bonds is 6. The largest absolute Gasteiger partial charge is 0.321 e. The second-order valence-corrected chi connectivity index (χ2v) is 5.98. The van der Waals surface area contributed by atoms with E-state index in [0.717, 1.165) is 16.7 Å². The molecule has 0 bridgehead atoms. The quantitative estimate of drug-likeness (QED) is 0.750. The zero-order chi connectivity index (χ0) is 17.6. The number of hydrogen-bond acceptors (Lipinski definition) is 3. The van der Waals surface area contributed by atoms with Crippen molar-refractivity contribution in [2.45, 2.75) is 18.9 Å². The summed E-state index contributed by atoms with van der Waals surface area (Å²) in [6.07, 6.45) is 3.79. The number of carbonyl (C=O) groups excluding carboxylic acids is 1. The van der Waals surface area contributed by atoms with Crippen molar-refractivity contribution < 1.29 is 9.18 Å². The van der Waals surface area contributed by atoms with Crippen LogP contribution in [0.4, 0.5) is 4.39 Å². The maximum atomic E-state index is 14.1. The predicted octanol–water partition coefficient (Wildman–Crippen LogP) is 3.57. The second-order valence-electron chi connectivity index (χ2n) is 5.98. The molecular formula is C21H19FN2O. The van der Waals surface area contributed by atoms with E-state index in [-0.39, 0.29) is 12.2 Å². The van der Waals surface area contributed by atoms with Crippen LogP contribution in [0, 0.1) is 5.82 Å². The van der Waals surface area contributed by atoms with Gasteiger partial charge in [-0.05, 0) is 52.9 Å². The fraction of sp³-hybridized carbons (Fsp3) is 0.143. The summed E-state index contributed by atoms with van der Waals surface area (Å²) in [6, 6.07) is 17.4. The van der Waals surface area contributed by atoms with E-state index in [1.54, 1.807) is 24.5 Å². The third-order valence-corrected chi connectivity index (χ3v) is 4.14. The molecule has 3 rings (SSSR count). The molecule has 1 atom stereocenters. The van der Waals surface area contributed by atoms with E-state index in [4.69, 9.17) is 5.73 Å². The van der Waals surface area contributed by atoms with Crippen molar-refractivity contribution in [1.82, 2.24) is 4.98 Å². The molecule has 0 saturated carbocycles. The lowest BCUT2D eigenvalue weighted by Gasteiger charge is -2.12. The Morgan fingerprint density at radius 2 is 1.72 bits per heavy atom. The predicted molar refractivity (Wildman–Crippen MR) is 96.5 cm³/mol. The van der Waals surface area contributed by atoms with Crippen LogP contribution < -0.4 is 5.73 Å². The molecule has 3 nitrogen and oxygen atoms in total. The molecule has 0 aliphatic rings. The van der Waals surface area contributed by atoms with Crippen LogP contribution in [0.15, 0.2) is 73.1 Å². The fourth-order valence-electron chi connectivity index (χ4n) is 2.73. The van der Waals surface area contributed by atoms with Crippen LogP contribution in [0.3, 0.4) is 0 Å². The topological polar surface area (TPSA) is 56.0 Å². The smallest absolute Gasteiger partial charge is 0.154 e. The Morgan fingerprint density at radius 3 is 2.44 bits per heavy atom. The standard InChI is InChI=1S/C21H19FN2O/c22-19-7-6-17(16-8-10-24-11-9-16)13-18(19)14-21(25)20(23)12-15-4-2-1-3-5-15/h1-11,13,20H,12,14,23H2/t20-/m0/s1. The number of pyridine rings is 1. The number of halogens is 1. The molecule has 2 N–H and O–H groups in total. The maximum absolute atomic E-state index is 14.1. The molecule has 4 heteroatoms. The van der Waals surface area contributed by atoms with Gasteiger partial charge >= 0.3 is 0 Å². The number of hydrogen-bond donors (Lipinski definition) is 1. The van der Waals surface area contributed by atoms with Gasteiger partial charge in [0.15, 0.2) is 5.78 Å². The number of nitrogens with zero attached hydrogens (tertiary/aromatic N) is 1. The lowest BCUT2D eigenvalue weighted by molar-refractivity contribution is -0.119. The Hall–Kier alpha value is -2.85. The lowest BCUT2D eigenvalue weighted by Crippen LogP contribution is -2.34. The highest BCUT2D eigenvalue weighted by atomic mass is 19.1. The summed E-state index contributed by atoms with van der Waals surface area (Å²) in [7, 11) is 0. The van der Waals surface area contributed by atoms with Gasteiger partial charge in [-0.15, -0.1) is 0 Å². The number of nitrogens with two attached hydrogens (primary N) is 1. The van der Waals surface area contributed by atoms with Gasteiger partial charge in [0.25, 0.3) is 0 Å². The summed E-state index contributed by atoms with van der Waals surface area (Å²) in [5, 5.41) is 0. The van der Waals surface area contributed by atoms with Crippen LogP contribution in [0.2, 0.25) is 0 Å². The Morgan fingerprint density at radius 1 is 1.00 bits per heavy atom. The van der Waals surface area contributed by atoms with Crippen LogP contribution in [-0.2, 0) is 17.6 Å². The first-order valence-corrected chi connectivity index (χ1v) is 8.14. The van der Waals surface area contributed by atoms with Crippen LogP contribution in [0.1, 0.15) is 11.1 Å². The molecule has 126 valence electrons. The molecular weight excluding hydrogens is 315 g/mol. The Labute approximate surface area is 146 Å². The van der Waals surface area contributed by atoms with E-state index in [0.29, 0.717) is 12.0 Å². The van der Waals surface area contributed by atoms with Crippen LogP contribution >= 0.6 is 0 Å². The van der Waals surface area contributed by atoms with Crippen molar-refractivity contribution in [1.29, 1.82) is 0 Å². The maximum Gasteiger partial charge on any atom is 0.154 e. The van der Waals surface area contributed by atoms with E-state index >= 15 is 0 Å². The number of ketones is 1. The van der Waals surface area contributed by atoms with Crippen LogP contribution in [-0.4, -0.2) is 16.8 Å². The van der Waals surface area contributed by atoms with Gasteiger partial charge < -0.3 is 5.73 Å². The summed E-state index contributed by atoms with van der Waals surface area (Å²) in [5.74, 6) is -0.562. The first-order valence-electron chi connectivity index (χ1n) is 8.14. The summed E-state index contributed by atoms with van der Waals surface area (Å²) in [5.41, 5.74) is 9.15. The van der Waals surface area contributed by atoms with Gasteiger partial charge in [-0.1, -0.05) is 36.4 Å². The van der Waals surface area contributed by atoms with Gasteiger partial charge in [0.05, 0.1) is 6.04 Å². The van der Waals surface area contributed by atoms with Gasteiger partial charge in [-0.3, -0.25) is 9.78 Å². The molecule has 0 spiro atoms. The molecule has 1 aromatic heterocycles. The van der Waals surface area contributed by atoms with E-state index in [9.17, 15) is 9.18 Å². The van der Waals surface area contributed by atoms with E-state index < -0.39 is 11.9 Å². The van der Waals surface area contributed by atoms with Crippen molar-refractivity contribution in [3.63, 3.8) is 0 Å². The normalized spacial score (nSPS) is 11.9. The van der Waals surface area contributed by atoms with E-state index in [2.05, 4.69) is 4.98 Å². The van der Waals surface area contributed by atoms with Crippen LogP contribution in [0.5, 0.6) is 0 Å². The Bertz CT molecular complexity index is 850. The Balaban J connectivity index is 1.74. The third-order valence-electron chi connectivity index (χ3n) is 4.14. The van der Waals surface area contributed by atoms with Gasteiger partial charge in [0.1, 0.15) is 5.82 Å². The minimum atomic E-state index is -0.647. The number of Topliss-reactive ketones (excluding diaryl/α,β-unsaturated/α-hetero) is 1. The molecule has 0 radical (unpaired) electrons. The molecule has 2 aromatic carbocycles. The van der Waals surface area contributed by atoms with Gasteiger partial charge in [-0.2, -0.15) is 0 Å². The monoisotopic (exact) mass is 334 g/mol. The van der Waals surface area contributed by atoms with E-state index in [1.165, 1.54) is 6.07 Å². The summed E-state index contributed by atoms with van der Waals surface area (Å²) in [6.45, 7) is 0. The summed E-state index contributed by atoms with van der Waals surface area (Å²) in [4.78, 5) is 16.4. The summed E-state index contributed by atoms with van der Waals surface area (Å²) < 4.78 is 14.1. The number of aromatic nitrogens is 1. The van der Waals surface area contributed by atoms with E-state index in [1.807, 2.05) is 42.5 Å². The van der Waals surface area contributed by atoms with Gasteiger partial charge in [-0.25, -0.2) is 4.39 Å². The van der Waals surface area contributed by atoms with Crippen molar-refractivity contribution in [3.8, 4) is 11.1 Å². The van der Waals surface area contributed by atoms with Crippen molar-refractivity contribution in [2.75, 3.05) is 0 Å². The molecule has 0 saturated heterocycles. The fourth-order valence-corrected chi connectivity index (χ4v) is 2.73. The summed E-state index contributed by atoms with van der Waals surface area (Å²) >= 11 is 0. The number of benzene rings is 2. The molecule has 25 heavy (non-hydrogen) atoms. The molecule has 0 aliphatic heterocycles. The SMILES string of the molecule is N[C@@H](Cc1ccccc1)C(=O)Cc1cc(-c2ccncc2)ccc1F. The zero-order valence-electron chi connectivity index (χ0n) is 13.7. The average molecular weight is 334 g/mol. The first-order chi connectivity index (χ1) is 12.1. The van der Waals surface area contributed by atoms with Crippen molar-refractivity contribution in [3.05, 3.63) is 90.0 Å². The Kier molecular flexibility index (Phi) is 5.31. The average Bonchev–Trinajstić information content (AvgIpc) is 2.65. The van der Waals surface area contributed by atoms with Crippen molar-refractivity contribution >= 4 is 5.78 Å². The highest BCUT2D eigenvalue weighted by Gasteiger charge is 2.17. The first kappa shape index (κ1) is 17.0. The third kappa shape index (κ3) is 4.37. The minimum Gasteiger partial charge on any atom is -0.321 e.